The Hall–Kier alpha value is -2.64. The van der Waals surface area contributed by atoms with Crippen molar-refractivity contribution in [3.63, 3.8) is 0 Å². The number of aromatic nitrogens is 1. The molecule has 0 unspecified atom stereocenters. The van der Waals surface area contributed by atoms with Crippen molar-refractivity contribution in [3.05, 3.63) is 24.0 Å². The number of rotatable bonds is 6. The van der Waals surface area contributed by atoms with E-state index in [0.29, 0.717) is 11.1 Å². The summed E-state index contributed by atoms with van der Waals surface area (Å²) in [6.45, 7) is -0.141. The van der Waals surface area contributed by atoms with E-state index in [1.54, 1.807) is 0 Å². The summed E-state index contributed by atoms with van der Waals surface area (Å²) in [5.74, 6) is -5.96. The SMILES string of the molecule is NC(=NS(=O)(=O)c1ccc(C(F)(F)C(F)(F)F)nc1)[C@@H]1CC[C@@H]2CN1C(=O)N2OS(=O)(=O)O. The Labute approximate surface area is 182 Å². The van der Waals surface area contributed by atoms with Gasteiger partial charge >= 0.3 is 28.5 Å². The minimum atomic E-state index is -5.95. The van der Waals surface area contributed by atoms with Crippen LogP contribution >= 0.6 is 0 Å². The molecule has 2 saturated heterocycles. The number of carbonyl (C=O) groups is 1. The van der Waals surface area contributed by atoms with E-state index >= 15 is 0 Å². The topological polar surface area (TPSA) is 173 Å². The molecule has 2 aliphatic heterocycles. The molecule has 0 saturated carbocycles. The van der Waals surface area contributed by atoms with Gasteiger partial charge < -0.3 is 10.6 Å². The van der Waals surface area contributed by atoms with E-state index in [-0.39, 0.29) is 31.6 Å². The van der Waals surface area contributed by atoms with Gasteiger partial charge in [0.25, 0.3) is 10.0 Å². The van der Waals surface area contributed by atoms with Gasteiger partial charge in [-0.3, -0.25) is 9.54 Å². The Kier molecular flexibility index (Phi) is 6.05. The zero-order valence-corrected chi connectivity index (χ0v) is 17.6. The minimum absolute atomic E-state index is 0.0155. The van der Waals surface area contributed by atoms with Crippen molar-refractivity contribution in [2.24, 2.45) is 10.1 Å². The predicted octanol–water partition coefficient (Wildman–Crippen LogP) is 0.785. The van der Waals surface area contributed by atoms with Gasteiger partial charge in [-0.15, -0.1) is 8.68 Å². The summed E-state index contributed by atoms with van der Waals surface area (Å²) in [7, 11) is -9.74. The molecule has 3 rings (SSSR count). The maximum absolute atomic E-state index is 13.3. The molecule has 1 aromatic heterocycles. The van der Waals surface area contributed by atoms with Crippen LogP contribution in [0.4, 0.5) is 26.7 Å². The second-order valence-electron chi connectivity index (χ2n) is 6.95. The van der Waals surface area contributed by atoms with Crippen LogP contribution in [0.2, 0.25) is 0 Å². The molecule has 3 N–H and O–H groups in total. The maximum atomic E-state index is 13.3. The maximum Gasteiger partial charge on any atom is 0.459 e. The van der Waals surface area contributed by atoms with E-state index in [9.17, 15) is 43.6 Å². The monoisotopic (exact) mass is 523 g/mol. The van der Waals surface area contributed by atoms with Crippen LogP contribution in [-0.4, -0.2) is 73.0 Å². The van der Waals surface area contributed by atoms with Crippen LogP contribution in [0.25, 0.3) is 0 Å². The fraction of sp³-hybridized carbons (Fsp3) is 0.500. The number of halogens is 5. The molecule has 19 heteroatoms. The van der Waals surface area contributed by atoms with E-state index in [1.165, 1.54) is 0 Å². The number of pyridine rings is 1. The molecule has 2 aliphatic rings. The summed E-state index contributed by atoms with van der Waals surface area (Å²) in [4.78, 5) is 15.3. The van der Waals surface area contributed by atoms with E-state index in [4.69, 9.17) is 10.3 Å². The third kappa shape index (κ3) is 4.84. The number of alkyl halides is 5. The van der Waals surface area contributed by atoms with Gasteiger partial charge in [0.15, 0.2) is 0 Å². The largest absolute Gasteiger partial charge is 0.459 e. The summed E-state index contributed by atoms with van der Waals surface area (Å²) in [6, 6.07) is -2.36. The molecule has 0 aliphatic carbocycles. The lowest BCUT2D eigenvalue weighted by Crippen LogP contribution is -2.48. The summed E-state index contributed by atoms with van der Waals surface area (Å²) >= 11 is 0. The Morgan fingerprint density at radius 3 is 2.33 bits per heavy atom. The molecule has 3 heterocycles. The number of fused-ring (bicyclic) bond motifs is 2. The van der Waals surface area contributed by atoms with Crippen LogP contribution in [-0.2, 0) is 30.6 Å². The van der Waals surface area contributed by atoms with Crippen LogP contribution < -0.4 is 5.73 Å². The average molecular weight is 523 g/mol. The van der Waals surface area contributed by atoms with Crippen LogP contribution in [0, 0.1) is 0 Å². The van der Waals surface area contributed by atoms with Crippen LogP contribution in [0.5, 0.6) is 0 Å². The molecule has 2 atom stereocenters. The van der Waals surface area contributed by atoms with Crippen LogP contribution in [0.3, 0.4) is 0 Å². The molecule has 0 radical (unpaired) electrons. The Balaban J connectivity index is 1.83. The summed E-state index contributed by atoms with van der Waals surface area (Å²) in [5.41, 5.74) is 3.98. The van der Waals surface area contributed by atoms with Crippen LogP contribution in [0.1, 0.15) is 18.5 Å². The molecule has 184 valence electrons. The second kappa shape index (κ2) is 7.99. The quantitative estimate of drug-likeness (QED) is 0.237. The van der Waals surface area contributed by atoms with Crippen molar-refractivity contribution < 1.29 is 52.4 Å². The van der Waals surface area contributed by atoms with E-state index in [1.807, 2.05) is 0 Å². The first-order valence-corrected chi connectivity index (χ1v) is 11.5. The summed E-state index contributed by atoms with van der Waals surface area (Å²) in [6.07, 6.45) is -5.60. The third-order valence-electron chi connectivity index (χ3n) is 4.78. The fourth-order valence-electron chi connectivity index (χ4n) is 3.26. The van der Waals surface area contributed by atoms with Crippen molar-refractivity contribution in [2.45, 2.75) is 41.9 Å². The van der Waals surface area contributed by atoms with Crippen molar-refractivity contribution >= 4 is 32.3 Å². The lowest BCUT2D eigenvalue weighted by molar-refractivity contribution is -0.291. The minimum Gasteiger partial charge on any atom is -0.385 e. The number of amides is 2. The molecule has 12 nitrogen and oxygen atoms in total. The van der Waals surface area contributed by atoms with Crippen molar-refractivity contribution in [3.8, 4) is 0 Å². The second-order valence-corrected chi connectivity index (χ2v) is 9.56. The van der Waals surface area contributed by atoms with Gasteiger partial charge in [0.1, 0.15) is 16.4 Å². The lowest BCUT2D eigenvalue weighted by atomic mass is 10.0. The van der Waals surface area contributed by atoms with Crippen LogP contribution in [0.15, 0.2) is 27.6 Å². The van der Waals surface area contributed by atoms with Crippen molar-refractivity contribution in [1.29, 1.82) is 0 Å². The number of nitrogens with two attached hydrogens (primary N) is 1. The van der Waals surface area contributed by atoms with E-state index in [0.717, 1.165) is 4.90 Å². The predicted molar refractivity (Wildman–Crippen MR) is 96.4 cm³/mol. The zero-order chi connectivity index (χ0) is 25.0. The van der Waals surface area contributed by atoms with Gasteiger partial charge in [0, 0.05) is 12.7 Å². The molecule has 2 fully saturated rings. The van der Waals surface area contributed by atoms with Gasteiger partial charge in [-0.25, -0.2) is 4.79 Å². The first-order valence-electron chi connectivity index (χ1n) is 8.72. The number of amidine groups is 1. The number of nitrogens with zero attached hydrogens (tertiary/aromatic N) is 4. The zero-order valence-electron chi connectivity index (χ0n) is 16.0. The number of urea groups is 1. The Bertz CT molecular complexity index is 1190. The number of hydrogen-bond donors (Lipinski definition) is 2. The molecule has 2 amide bonds. The molecular formula is C14H14F5N5O7S2. The van der Waals surface area contributed by atoms with Crippen molar-refractivity contribution in [2.75, 3.05) is 6.54 Å². The summed E-state index contributed by atoms with van der Waals surface area (Å²) < 4.78 is 127. The number of hydrogen-bond acceptors (Lipinski definition) is 7. The molecule has 0 spiro atoms. The highest BCUT2D eigenvalue weighted by molar-refractivity contribution is 7.90. The molecule has 0 aromatic carbocycles. The van der Waals surface area contributed by atoms with Gasteiger partial charge in [-0.1, -0.05) is 0 Å². The Morgan fingerprint density at radius 2 is 1.82 bits per heavy atom. The Morgan fingerprint density at radius 1 is 1.18 bits per heavy atom. The molecule has 33 heavy (non-hydrogen) atoms. The van der Waals surface area contributed by atoms with E-state index < -0.39 is 67.1 Å². The number of piperidine rings is 1. The highest BCUT2D eigenvalue weighted by atomic mass is 32.3. The first-order chi connectivity index (χ1) is 14.9. The van der Waals surface area contributed by atoms with Gasteiger partial charge in [-0.05, 0) is 25.0 Å². The number of sulfonamides is 1. The summed E-state index contributed by atoms with van der Waals surface area (Å²) in [5, 5.41) is 0.389. The van der Waals surface area contributed by atoms with Gasteiger partial charge in [0.05, 0.1) is 12.1 Å². The highest BCUT2D eigenvalue weighted by Gasteiger charge is 2.60. The normalized spacial score (nSPS) is 22.7. The molecule has 2 bridgehead atoms. The smallest absolute Gasteiger partial charge is 0.385 e. The van der Waals surface area contributed by atoms with Crippen molar-refractivity contribution in [1.82, 2.24) is 14.9 Å². The van der Waals surface area contributed by atoms with E-state index in [2.05, 4.69) is 13.7 Å². The van der Waals surface area contributed by atoms with Gasteiger partial charge in [-0.2, -0.15) is 43.9 Å². The highest BCUT2D eigenvalue weighted by Crippen LogP contribution is 2.43. The van der Waals surface area contributed by atoms with Gasteiger partial charge in [0.2, 0.25) is 0 Å². The molecular weight excluding hydrogens is 509 g/mol. The lowest BCUT2D eigenvalue weighted by Gasteiger charge is -2.29. The molecule has 1 aromatic rings. The first kappa shape index (κ1) is 25.0. The number of hydroxylamine groups is 2. The number of carbonyl (C=O) groups excluding carboxylic acids is 1. The average Bonchev–Trinajstić information content (AvgIpc) is 2.90. The standard InChI is InChI=1S/C14H14F5N5O7S2/c15-13(16,14(17,18)19)10-4-2-8(5-21-10)32(26,27)22-11(20)9-3-1-7-6-23(9)12(25)24(7)31-33(28,29)30/h2,4-5,7,9H,1,3,6H2,(H2,20,22)(H,28,29,30)/t7-,9+/m1/s1. The fourth-order valence-corrected chi connectivity index (χ4v) is 4.57. The third-order valence-corrected chi connectivity index (χ3v) is 6.41.